The van der Waals surface area contributed by atoms with Crippen molar-refractivity contribution in [3.63, 3.8) is 0 Å². The molecular formula is C23H35N3+2. The van der Waals surface area contributed by atoms with E-state index < -0.39 is 0 Å². The number of rotatable bonds is 2. The summed E-state index contributed by atoms with van der Waals surface area (Å²) in [6.45, 7) is 12.2. The molecule has 0 radical (unpaired) electrons. The highest BCUT2D eigenvalue weighted by Crippen LogP contribution is 2.32. The summed E-state index contributed by atoms with van der Waals surface area (Å²) in [6, 6.07) is 10.9. The van der Waals surface area contributed by atoms with Crippen LogP contribution in [0.5, 0.6) is 0 Å². The van der Waals surface area contributed by atoms with Gasteiger partial charge >= 0.3 is 0 Å². The fraction of sp³-hybridized carbons (Fsp3) is 0.609. The Kier molecular flexibility index (Phi) is 5.17. The minimum Gasteiger partial charge on any atom is -0.360 e. The Balaban J connectivity index is 1.49. The quantitative estimate of drug-likeness (QED) is 0.806. The minimum atomic E-state index is 0.403. The molecule has 0 unspecified atom stereocenters. The third kappa shape index (κ3) is 4.03. The molecule has 2 fully saturated rings. The number of anilines is 1. The average Bonchev–Trinajstić information content (AvgIpc) is 2.68. The van der Waals surface area contributed by atoms with Crippen LogP contribution in [0.1, 0.15) is 46.0 Å². The van der Waals surface area contributed by atoms with E-state index >= 15 is 0 Å². The van der Waals surface area contributed by atoms with Crippen LogP contribution in [-0.4, -0.2) is 49.6 Å². The molecule has 3 heteroatoms. The molecule has 2 saturated heterocycles. The maximum Gasteiger partial charge on any atom is 0.182 e. The smallest absolute Gasteiger partial charge is 0.182 e. The SMILES string of the molecule is CC1(C)CC([NH+]2CCN(c3ccccc3)CC2)=CC(=[N+]2CCCCC2)C1. The van der Waals surface area contributed by atoms with Crippen molar-refractivity contribution in [3.05, 3.63) is 42.1 Å². The van der Waals surface area contributed by atoms with Crippen molar-refractivity contribution in [2.45, 2.75) is 46.0 Å². The van der Waals surface area contributed by atoms with Crippen LogP contribution in [-0.2, 0) is 0 Å². The average molecular weight is 354 g/mol. The van der Waals surface area contributed by atoms with Crippen molar-refractivity contribution in [2.24, 2.45) is 5.41 Å². The fourth-order valence-electron chi connectivity index (χ4n) is 4.98. The molecule has 0 amide bonds. The van der Waals surface area contributed by atoms with E-state index in [4.69, 9.17) is 0 Å². The lowest BCUT2D eigenvalue weighted by Crippen LogP contribution is -3.13. The standard InChI is InChI=1S/C23H34N3/c1-23(2)18-21(24-11-7-4-8-12-24)17-22(19-23)26-15-13-25(14-16-26)20-9-5-3-6-10-20/h3,5-6,9-10,17H,4,7-8,11-16,18-19H2,1-2H3/q+1/p+1. The summed E-state index contributed by atoms with van der Waals surface area (Å²) in [4.78, 5) is 4.27. The van der Waals surface area contributed by atoms with Crippen LogP contribution in [0.4, 0.5) is 5.69 Å². The lowest BCUT2D eigenvalue weighted by Gasteiger charge is -2.37. The highest BCUT2D eigenvalue weighted by atomic mass is 15.3. The molecule has 1 aromatic rings. The molecule has 4 rings (SSSR count). The maximum atomic E-state index is 2.68. The molecule has 0 aromatic heterocycles. The number of piperazine rings is 1. The summed E-state index contributed by atoms with van der Waals surface area (Å²) in [7, 11) is 0. The Hall–Kier alpha value is -1.61. The molecule has 0 atom stereocenters. The number of para-hydroxylation sites is 1. The Bertz CT molecular complexity index is 671. The van der Waals surface area contributed by atoms with E-state index in [1.165, 1.54) is 64.0 Å². The first-order chi connectivity index (χ1) is 12.6. The maximum absolute atomic E-state index is 2.68. The number of nitrogens with one attached hydrogen (secondary N) is 1. The molecular weight excluding hydrogens is 318 g/mol. The zero-order valence-electron chi connectivity index (χ0n) is 16.6. The largest absolute Gasteiger partial charge is 0.360 e. The van der Waals surface area contributed by atoms with Crippen molar-refractivity contribution in [3.8, 4) is 0 Å². The van der Waals surface area contributed by atoms with Gasteiger partial charge < -0.3 is 9.80 Å². The van der Waals surface area contributed by atoms with Gasteiger partial charge in [0.25, 0.3) is 0 Å². The van der Waals surface area contributed by atoms with Gasteiger partial charge in [0.15, 0.2) is 5.71 Å². The molecule has 26 heavy (non-hydrogen) atoms. The van der Waals surface area contributed by atoms with Crippen LogP contribution >= 0.6 is 0 Å². The van der Waals surface area contributed by atoms with Gasteiger partial charge in [0.2, 0.25) is 0 Å². The summed E-state index contributed by atoms with van der Waals surface area (Å²) in [5.74, 6) is 0. The first-order valence-electron chi connectivity index (χ1n) is 10.6. The van der Waals surface area contributed by atoms with Crippen LogP contribution in [0, 0.1) is 5.41 Å². The molecule has 1 N–H and O–H groups in total. The second kappa shape index (κ2) is 7.56. The summed E-state index contributed by atoms with van der Waals surface area (Å²) < 4.78 is 2.68. The van der Waals surface area contributed by atoms with E-state index in [9.17, 15) is 0 Å². The molecule has 2 heterocycles. The van der Waals surface area contributed by atoms with E-state index in [0.717, 1.165) is 13.1 Å². The number of hydrogen-bond donors (Lipinski definition) is 1. The summed E-state index contributed by atoms with van der Waals surface area (Å²) in [6.07, 6.45) is 9.25. The molecule has 3 aliphatic rings. The Morgan fingerprint density at radius 1 is 0.923 bits per heavy atom. The van der Waals surface area contributed by atoms with Crippen LogP contribution in [0.25, 0.3) is 0 Å². The Labute approximate surface area is 159 Å². The highest BCUT2D eigenvalue weighted by Gasteiger charge is 2.36. The van der Waals surface area contributed by atoms with Gasteiger partial charge in [-0.3, -0.25) is 0 Å². The van der Waals surface area contributed by atoms with E-state index in [-0.39, 0.29) is 0 Å². The van der Waals surface area contributed by atoms with E-state index in [2.05, 4.69) is 59.7 Å². The molecule has 2 aliphatic heterocycles. The highest BCUT2D eigenvalue weighted by molar-refractivity contribution is 5.92. The summed E-state index contributed by atoms with van der Waals surface area (Å²) in [5, 5.41) is 0. The van der Waals surface area contributed by atoms with Crippen LogP contribution in [0.3, 0.4) is 0 Å². The van der Waals surface area contributed by atoms with Crippen molar-refractivity contribution in [1.29, 1.82) is 0 Å². The van der Waals surface area contributed by atoms with Gasteiger partial charge in [-0.1, -0.05) is 32.0 Å². The molecule has 0 saturated carbocycles. The van der Waals surface area contributed by atoms with Crippen molar-refractivity contribution in [1.82, 2.24) is 0 Å². The fourth-order valence-corrected chi connectivity index (χ4v) is 4.98. The second-order valence-corrected chi connectivity index (χ2v) is 9.15. The third-order valence-electron chi connectivity index (χ3n) is 6.37. The van der Waals surface area contributed by atoms with Gasteiger partial charge in [0, 0.05) is 31.4 Å². The van der Waals surface area contributed by atoms with Crippen LogP contribution in [0.15, 0.2) is 42.1 Å². The van der Waals surface area contributed by atoms with E-state index in [1.54, 1.807) is 16.3 Å². The topological polar surface area (TPSA) is 10.7 Å². The van der Waals surface area contributed by atoms with Gasteiger partial charge in [-0.15, -0.1) is 0 Å². The minimum absolute atomic E-state index is 0.403. The van der Waals surface area contributed by atoms with Gasteiger partial charge in [-0.2, -0.15) is 0 Å². The van der Waals surface area contributed by atoms with Crippen molar-refractivity contribution >= 4 is 11.4 Å². The predicted molar refractivity (Wildman–Crippen MR) is 109 cm³/mol. The van der Waals surface area contributed by atoms with Gasteiger partial charge in [-0.05, 0) is 24.0 Å². The van der Waals surface area contributed by atoms with Gasteiger partial charge in [0.05, 0.1) is 32.3 Å². The van der Waals surface area contributed by atoms with Crippen LogP contribution < -0.4 is 9.80 Å². The zero-order valence-corrected chi connectivity index (χ0v) is 16.6. The van der Waals surface area contributed by atoms with Crippen molar-refractivity contribution < 1.29 is 9.48 Å². The lowest BCUT2D eigenvalue weighted by atomic mass is 9.77. The molecule has 3 nitrogen and oxygen atoms in total. The number of nitrogens with zero attached hydrogens (tertiary/aromatic N) is 2. The lowest BCUT2D eigenvalue weighted by molar-refractivity contribution is -0.863. The van der Waals surface area contributed by atoms with E-state index in [1.807, 2.05) is 0 Å². The van der Waals surface area contributed by atoms with E-state index in [0.29, 0.717) is 5.41 Å². The number of allylic oxidation sites excluding steroid dienone is 2. The summed E-state index contributed by atoms with van der Waals surface area (Å²) in [5.41, 5.74) is 5.06. The first kappa shape index (κ1) is 17.8. The number of piperidine rings is 1. The Morgan fingerprint density at radius 3 is 2.31 bits per heavy atom. The normalized spacial score (nSPS) is 24.5. The first-order valence-corrected chi connectivity index (χ1v) is 10.6. The Morgan fingerprint density at radius 2 is 1.62 bits per heavy atom. The van der Waals surface area contributed by atoms with Crippen LogP contribution in [0.2, 0.25) is 0 Å². The third-order valence-corrected chi connectivity index (χ3v) is 6.37. The number of benzene rings is 1. The second-order valence-electron chi connectivity index (χ2n) is 9.15. The monoisotopic (exact) mass is 353 g/mol. The van der Waals surface area contributed by atoms with Gasteiger partial charge in [-0.25, -0.2) is 4.58 Å². The molecule has 140 valence electrons. The molecule has 1 aliphatic carbocycles. The zero-order chi connectivity index (χ0) is 18.0. The number of quaternary nitrogens is 1. The molecule has 0 bridgehead atoms. The molecule has 1 aromatic carbocycles. The number of hydrogen-bond acceptors (Lipinski definition) is 1. The molecule has 0 spiro atoms. The predicted octanol–water partition coefficient (Wildman–Crippen LogP) is 2.73. The van der Waals surface area contributed by atoms with Gasteiger partial charge in [0.1, 0.15) is 18.8 Å². The van der Waals surface area contributed by atoms with Crippen molar-refractivity contribution in [2.75, 3.05) is 44.2 Å². The summed E-state index contributed by atoms with van der Waals surface area (Å²) >= 11 is 0.